The lowest BCUT2D eigenvalue weighted by atomic mass is 10.1. The highest BCUT2D eigenvalue weighted by Gasteiger charge is 2.21. The lowest BCUT2D eigenvalue weighted by Crippen LogP contribution is -2.29. The fraction of sp³-hybridized carbons (Fsp3) is 0.211. The lowest BCUT2D eigenvalue weighted by molar-refractivity contribution is 0.0579. The third-order valence-corrected chi connectivity index (χ3v) is 4.20. The molecular weight excluding hydrogens is 366 g/mol. The SMILES string of the molecule is COC(=O)c1nc2c(C=O)nccc2c(=O)n1Cc1ccc(OC)cc1OC. The number of ether oxygens (including phenoxy) is 3. The number of aldehydes is 1. The molecule has 9 heteroatoms. The van der Waals surface area contributed by atoms with Gasteiger partial charge < -0.3 is 14.2 Å². The number of pyridine rings is 1. The average molecular weight is 383 g/mol. The molecule has 1 aromatic carbocycles. The van der Waals surface area contributed by atoms with Gasteiger partial charge in [-0.3, -0.25) is 19.1 Å². The molecule has 0 aliphatic rings. The summed E-state index contributed by atoms with van der Waals surface area (Å²) in [4.78, 5) is 44.7. The summed E-state index contributed by atoms with van der Waals surface area (Å²) in [6.45, 7) is -0.00187. The van der Waals surface area contributed by atoms with E-state index >= 15 is 0 Å². The van der Waals surface area contributed by atoms with Crippen LogP contribution < -0.4 is 15.0 Å². The van der Waals surface area contributed by atoms with Gasteiger partial charge in [0.15, 0.2) is 6.29 Å². The molecule has 0 aliphatic heterocycles. The summed E-state index contributed by atoms with van der Waals surface area (Å²) in [5.41, 5.74) is 0.130. The van der Waals surface area contributed by atoms with E-state index in [0.717, 1.165) is 0 Å². The van der Waals surface area contributed by atoms with E-state index in [2.05, 4.69) is 9.97 Å². The van der Waals surface area contributed by atoms with Crippen LogP contribution in [0.4, 0.5) is 0 Å². The minimum atomic E-state index is -0.813. The number of rotatable bonds is 6. The highest BCUT2D eigenvalue weighted by atomic mass is 16.5. The Hall–Kier alpha value is -3.75. The van der Waals surface area contributed by atoms with Gasteiger partial charge in [-0.05, 0) is 18.2 Å². The van der Waals surface area contributed by atoms with Gasteiger partial charge in [0.1, 0.15) is 22.7 Å². The number of carbonyl (C=O) groups excluding carboxylic acids is 2. The van der Waals surface area contributed by atoms with E-state index < -0.39 is 11.5 Å². The lowest BCUT2D eigenvalue weighted by Gasteiger charge is -2.15. The van der Waals surface area contributed by atoms with E-state index in [1.165, 1.54) is 38.2 Å². The van der Waals surface area contributed by atoms with Crippen molar-refractivity contribution in [1.82, 2.24) is 14.5 Å². The number of benzene rings is 1. The van der Waals surface area contributed by atoms with Crippen molar-refractivity contribution >= 4 is 23.2 Å². The molecule has 0 spiro atoms. The summed E-state index contributed by atoms with van der Waals surface area (Å²) in [7, 11) is 4.20. The normalized spacial score (nSPS) is 10.5. The van der Waals surface area contributed by atoms with Crippen LogP contribution in [0.3, 0.4) is 0 Å². The van der Waals surface area contributed by atoms with Crippen molar-refractivity contribution in [2.45, 2.75) is 6.54 Å². The predicted molar refractivity (Wildman–Crippen MR) is 99.2 cm³/mol. The minimum Gasteiger partial charge on any atom is -0.497 e. The Bertz CT molecular complexity index is 1120. The van der Waals surface area contributed by atoms with Gasteiger partial charge in [-0.2, -0.15) is 0 Å². The van der Waals surface area contributed by atoms with Crippen molar-refractivity contribution in [2.75, 3.05) is 21.3 Å². The summed E-state index contributed by atoms with van der Waals surface area (Å²) in [6, 6.07) is 6.55. The third kappa shape index (κ3) is 3.29. The molecule has 0 atom stereocenters. The molecule has 0 bridgehead atoms. The molecule has 3 rings (SSSR count). The molecular formula is C19H17N3O6. The maximum Gasteiger partial charge on any atom is 0.374 e. The van der Waals surface area contributed by atoms with Crippen molar-refractivity contribution in [1.29, 1.82) is 0 Å². The highest BCUT2D eigenvalue weighted by Crippen LogP contribution is 2.25. The van der Waals surface area contributed by atoms with Crippen LogP contribution in [0.1, 0.15) is 26.7 Å². The predicted octanol–water partition coefficient (Wildman–Crippen LogP) is 1.46. The maximum atomic E-state index is 13.1. The van der Waals surface area contributed by atoms with Crippen LogP contribution in [0.2, 0.25) is 0 Å². The number of esters is 1. The van der Waals surface area contributed by atoms with Crippen molar-refractivity contribution in [2.24, 2.45) is 0 Å². The summed E-state index contributed by atoms with van der Waals surface area (Å²) < 4.78 is 16.5. The largest absolute Gasteiger partial charge is 0.497 e. The average Bonchev–Trinajstić information content (AvgIpc) is 2.74. The Morgan fingerprint density at radius 1 is 1.18 bits per heavy atom. The fourth-order valence-corrected chi connectivity index (χ4v) is 2.80. The number of hydrogen-bond donors (Lipinski definition) is 0. The first-order valence-corrected chi connectivity index (χ1v) is 8.18. The molecule has 144 valence electrons. The quantitative estimate of drug-likeness (QED) is 0.465. The van der Waals surface area contributed by atoms with Crippen LogP contribution >= 0.6 is 0 Å². The van der Waals surface area contributed by atoms with Crippen LogP contribution in [0.25, 0.3) is 10.9 Å². The zero-order valence-corrected chi connectivity index (χ0v) is 15.5. The number of hydrogen-bond acceptors (Lipinski definition) is 8. The van der Waals surface area contributed by atoms with Gasteiger partial charge in [0, 0.05) is 17.8 Å². The Kier molecular flexibility index (Phi) is 5.35. The molecule has 0 saturated carbocycles. The first kappa shape index (κ1) is 19.0. The first-order valence-electron chi connectivity index (χ1n) is 8.18. The van der Waals surface area contributed by atoms with Gasteiger partial charge in [0.05, 0.1) is 33.3 Å². The molecule has 3 aromatic rings. The Morgan fingerprint density at radius 3 is 2.61 bits per heavy atom. The summed E-state index contributed by atoms with van der Waals surface area (Å²) in [5, 5.41) is 0.164. The molecule has 2 heterocycles. The van der Waals surface area contributed by atoms with Gasteiger partial charge in [0.2, 0.25) is 5.82 Å². The van der Waals surface area contributed by atoms with Gasteiger partial charge >= 0.3 is 5.97 Å². The van der Waals surface area contributed by atoms with E-state index in [1.807, 2.05) is 0 Å². The number of aromatic nitrogens is 3. The molecule has 0 aliphatic carbocycles. The number of carbonyl (C=O) groups is 2. The van der Waals surface area contributed by atoms with Crippen LogP contribution in [0.5, 0.6) is 11.5 Å². The van der Waals surface area contributed by atoms with Crippen LogP contribution in [0, 0.1) is 0 Å². The standard InChI is InChI=1S/C19H17N3O6/c1-26-12-5-4-11(15(8-12)27-2)9-22-17(19(25)28-3)21-16-13(18(22)24)6-7-20-14(16)10-23/h4-8,10H,9H2,1-3H3. The topological polar surface area (TPSA) is 110 Å². The second kappa shape index (κ2) is 7.87. The van der Waals surface area contributed by atoms with Crippen molar-refractivity contribution in [3.63, 3.8) is 0 Å². The molecule has 0 amide bonds. The van der Waals surface area contributed by atoms with Crippen molar-refractivity contribution in [3.8, 4) is 11.5 Å². The second-order valence-corrected chi connectivity index (χ2v) is 5.71. The molecule has 0 fully saturated rings. The fourth-order valence-electron chi connectivity index (χ4n) is 2.80. The van der Waals surface area contributed by atoms with Crippen LogP contribution in [-0.4, -0.2) is 48.1 Å². The molecule has 0 unspecified atom stereocenters. The van der Waals surface area contributed by atoms with E-state index in [4.69, 9.17) is 14.2 Å². The van der Waals surface area contributed by atoms with Gasteiger partial charge in [-0.25, -0.2) is 9.78 Å². The van der Waals surface area contributed by atoms with E-state index in [9.17, 15) is 14.4 Å². The third-order valence-electron chi connectivity index (χ3n) is 4.20. The summed E-state index contributed by atoms with van der Waals surface area (Å²) in [5.74, 6) is 0.00565. The molecule has 28 heavy (non-hydrogen) atoms. The monoisotopic (exact) mass is 383 g/mol. The zero-order chi connectivity index (χ0) is 20.3. The Balaban J connectivity index is 2.25. The number of fused-ring (bicyclic) bond motifs is 1. The summed E-state index contributed by atoms with van der Waals surface area (Å²) >= 11 is 0. The zero-order valence-electron chi connectivity index (χ0n) is 15.5. The van der Waals surface area contributed by atoms with Crippen molar-refractivity contribution in [3.05, 3.63) is 57.9 Å². The van der Waals surface area contributed by atoms with E-state index in [1.54, 1.807) is 18.2 Å². The van der Waals surface area contributed by atoms with Gasteiger partial charge in [0.25, 0.3) is 5.56 Å². The molecule has 0 saturated heterocycles. The number of methoxy groups -OCH3 is 3. The van der Waals surface area contributed by atoms with Crippen LogP contribution in [-0.2, 0) is 11.3 Å². The van der Waals surface area contributed by atoms with E-state index in [-0.39, 0.29) is 29.0 Å². The van der Waals surface area contributed by atoms with Gasteiger partial charge in [-0.1, -0.05) is 0 Å². The molecule has 9 nitrogen and oxygen atoms in total. The van der Waals surface area contributed by atoms with Crippen molar-refractivity contribution < 1.29 is 23.8 Å². The van der Waals surface area contributed by atoms with Crippen LogP contribution in [0.15, 0.2) is 35.3 Å². The molecule has 0 N–H and O–H groups in total. The highest BCUT2D eigenvalue weighted by molar-refractivity contribution is 5.95. The second-order valence-electron chi connectivity index (χ2n) is 5.71. The maximum absolute atomic E-state index is 13.1. The minimum absolute atomic E-state index is 0.00187. The van der Waals surface area contributed by atoms with Gasteiger partial charge in [-0.15, -0.1) is 0 Å². The Labute approximate surface area is 159 Å². The molecule has 2 aromatic heterocycles. The summed E-state index contributed by atoms with van der Waals surface area (Å²) in [6.07, 6.45) is 1.82. The molecule has 0 radical (unpaired) electrons. The Morgan fingerprint density at radius 2 is 1.96 bits per heavy atom. The van der Waals surface area contributed by atoms with E-state index in [0.29, 0.717) is 23.3 Å². The first-order chi connectivity index (χ1) is 13.5. The number of nitrogens with zero attached hydrogens (tertiary/aromatic N) is 3. The smallest absolute Gasteiger partial charge is 0.374 e.